The minimum absolute atomic E-state index is 0.126. The lowest BCUT2D eigenvalue weighted by Crippen LogP contribution is -2.34. The summed E-state index contributed by atoms with van der Waals surface area (Å²) in [4.78, 5) is 13.0. The van der Waals surface area contributed by atoms with Gasteiger partial charge in [-0.2, -0.15) is 0 Å². The van der Waals surface area contributed by atoms with Crippen LogP contribution in [0.2, 0.25) is 0 Å². The second-order valence-corrected chi connectivity index (χ2v) is 3.78. The zero-order valence-corrected chi connectivity index (χ0v) is 10.2. The van der Waals surface area contributed by atoms with Gasteiger partial charge in [-0.3, -0.25) is 4.90 Å². The number of amides is 2. The molecule has 1 N–H and O–H groups in total. The minimum Gasteiger partial charge on any atom is -0.491 e. The number of urea groups is 1. The van der Waals surface area contributed by atoms with Crippen LogP contribution in [0.15, 0.2) is 24.3 Å². The van der Waals surface area contributed by atoms with E-state index in [1.54, 1.807) is 14.1 Å². The van der Waals surface area contributed by atoms with Crippen molar-refractivity contribution in [3.8, 4) is 5.75 Å². The number of benzene rings is 1. The van der Waals surface area contributed by atoms with Gasteiger partial charge < -0.3 is 10.1 Å². The Morgan fingerprint density at radius 1 is 1.44 bits per heavy atom. The van der Waals surface area contributed by atoms with Crippen molar-refractivity contribution in [2.75, 3.05) is 19.0 Å². The first kappa shape index (κ1) is 12.4. The summed E-state index contributed by atoms with van der Waals surface area (Å²) in [5.41, 5.74) is 0.803. The Balaban J connectivity index is 2.85. The predicted octanol–water partition coefficient (Wildman–Crippen LogP) is 2.25. The van der Waals surface area contributed by atoms with E-state index in [-0.39, 0.29) is 12.1 Å². The third-order valence-electron chi connectivity index (χ3n) is 2.10. The maximum absolute atomic E-state index is 11.4. The van der Waals surface area contributed by atoms with E-state index in [4.69, 9.17) is 4.74 Å². The molecule has 0 spiro atoms. The third-order valence-corrected chi connectivity index (χ3v) is 2.10. The highest BCUT2D eigenvalue weighted by atomic mass is 16.5. The van der Waals surface area contributed by atoms with Gasteiger partial charge in [0.1, 0.15) is 5.75 Å². The van der Waals surface area contributed by atoms with Gasteiger partial charge in [0.25, 0.3) is 0 Å². The molecule has 0 heterocycles. The van der Waals surface area contributed by atoms with Crippen LogP contribution in [0.25, 0.3) is 0 Å². The molecule has 1 aromatic rings. The lowest BCUT2D eigenvalue weighted by Gasteiger charge is -2.18. The Morgan fingerprint density at radius 3 is 2.69 bits per heavy atom. The molecule has 16 heavy (non-hydrogen) atoms. The molecule has 0 unspecified atom stereocenters. The van der Waals surface area contributed by atoms with Gasteiger partial charge in [0.15, 0.2) is 0 Å². The molecule has 2 amide bonds. The minimum atomic E-state index is -0.151. The van der Waals surface area contributed by atoms with Gasteiger partial charge in [0, 0.05) is 25.8 Å². The first-order valence-corrected chi connectivity index (χ1v) is 5.26. The number of nitrogens with one attached hydrogen (secondary N) is 1. The van der Waals surface area contributed by atoms with Crippen molar-refractivity contribution in [3.05, 3.63) is 24.3 Å². The Hall–Kier alpha value is -1.71. The van der Waals surface area contributed by atoms with Gasteiger partial charge in [0.2, 0.25) is 0 Å². The van der Waals surface area contributed by atoms with Crippen LogP contribution in [0.4, 0.5) is 10.5 Å². The average Bonchev–Trinajstić information content (AvgIpc) is 2.26. The van der Waals surface area contributed by atoms with Gasteiger partial charge >= 0.3 is 6.03 Å². The van der Waals surface area contributed by atoms with Gasteiger partial charge in [-0.05, 0) is 26.0 Å². The Labute approximate surface area is 96.2 Å². The molecular formula is C12H18N2O2. The van der Waals surface area contributed by atoms with Crippen molar-refractivity contribution in [2.24, 2.45) is 0 Å². The summed E-state index contributed by atoms with van der Waals surface area (Å²) in [6.45, 7) is 3.93. The first-order chi connectivity index (χ1) is 7.54. The van der Waals surface area contributed by atoms with E-state index in [2.05, 4.69) is 5.32 Å². The maximum atomic E-state index is 11.4. The zero-order valence-electron chi connectivity index (χ0n) is 10.2. The van der Waals surface area contributed by atoms with Crippen LogP contribution >= 0.6 is 0 Å². The molecule has 4 nitrogen and oxygen atoms in total. The number of carbonyl (C=O) groups excluding carboxylic acids is 1. The quantitative estimate of drug-likeness (QED) is 0.852. The van der Waals surface area contributed by atoms with E-state index in [1.165, 1.54) is 4.90 Å². The molecule has 0 bridgehead atoms. The van der Waals surface area contributed by atoms with Crippen LogP contribution in [0, 0.1) is 0 Å². The summed E-state index contributed by atoms with van der Waals surface area (Å²) in [5.74, 6) is 0.767. The van der Waals surface area contributed by atoms with Crippen molar-refractivity contribution in [2.45, 2.75) is 20.0 Å². The molecule has 0 aliphatic carbocycles. The molecule has 1 aromatic carbocycles. The fraction of sp³-hybridized carbons (Fsp3) is 0.417. The Kier molecular flexibility index (Phi) is 4.17. The Morgan fingerprint density at radius 2 is 2.12 bits per heavy atom. The van der Waals surface area contributed by atoms with Crippen LogP contribution < -0.4 is 15.0 Å². The van der Waals surface area contributed by atoms with E-state index in [1.807, 2.05) is 38.1 Å². The average molecular weight is 222 g/mol. The monoisotopic (exact) mass is 222 g/mol. The molecule has 0 fully saturated rings. The molecule has 0 radical (unpaired) electrons. The molecule has 0 saturated heterocycles. The standard InChI is InChI=1S/C12H18N2O2/c1-9(2)16-11-7-5-6-10(8-11)14(4)12(15)13-3/h5-9H,1-4H3,(H,13,15). The van der Waals surface area contributed by atoms with Gasteiger partial charge in [-0.15, -0.1) is 0 Å². The highest BCUT2D eigenvalue weighted by Gasteiger charge is 2.09. The van der Waals surface area contributed by atoms with Gasteiger partial charge in [-0.25, -0.2) is 4.79 Å². The summed E-state index contributed by atoms with van der Waals surface area (Å²) in [5, 5.41) is 2.57. The lowest BCUT2D eigenvalue weighted by molar-refractivity contribution is 0.242. The number of anilines is 1. The van der Waals surface area contributed by atoms with Crippen LogP contribution in [0.1, 0.15) is 13.8 Å². The number of hydrogen-bond acceptors (Lipinski definition) is 2. The maximum Gasteiger partial charge on any atom is 0.321 e. The van der Waals surface area contributed by atoms with Crippen molar-refractivity contribution in [1.82, 2.24) is 5.32 Å². The topological polar surface area (TPSA) is 41.6 Å². The second kappa shape index (κ2) is 5.39. The van der Waals surface area contributed by atoms with E-state index < -0.39 is 0 Å². The van der Waals surface area contributed by atoms with Crippen molar-refractivity contribution in [3.63, 3.8) is 0 Å². The number of rotatable bonds is 3. The van der Waals surface area contributed by atoms with Crippen LogP contribution in [-0.4, -0.2) is 26.2 Å². The smallest absolute Gasteiger partial charge is 0.321 e. The predicted molar refractivity (Wildman–Crippen MR) is 65.1 cm³/mol. The highest BCUT2D eigenvalue weighted by Crippen LogP contribution is 2.21. The summed E-state index contributed by atoms with van der Waals surface area (Å²) in [7, 11) is 3.32. The molecule has 0 aliphatic heterocycles. The molecule has 0 aliphatic rings. The summed E-state index contributed by atoms with van der Waals surface area (Å²) < 4.78 is 5.56. The summed E-state index contributed by atoms with van der Waals surface area (Å²) in [6.07, 6.45) is 0.126. The largest absolute Gasteiger partial charge is 0.491 e. The summed E-state index contributed by atoms with van der Waals surface area (Å²) in [6, 6.07) is 7.30. The van der Waals surface area contributed by atoms with Gasteiger partial charge in [0.05, 0.1) is 6.10 Å². The van der Waals surface area contributed by atoms with E-state index in [0.717, 1.165) is 11.4 Å². The molecule has 4 heteroatoms. The van der Waals surface area contributed by atoms with Crippen molar-refractivity contribution in [1.29, 1.82) is 0 Å². The number of ether oxygens (including phenoxy) is 1. The van der Waals surface area contributed by atoms with E-state index >= 15 is 0 Å². The number of carbonyl (C=O) groups is 1. The molecule has 1 rings (SSSR count). The third kappa shape index (κ3) is 3.15. The first-order valence-electron chi connectivity index (χ1n) is 5.26. The SMILES string of the molecule is CNC(=O)N(C)c1cccc(OC(C)C)c1. The molecule has 88 valence electrons. The van der Waals surface area contributed by atoms with Crippen LogP contribution in [0.3, 0.4) is 0 Å². The van der Waals surface area contributed by atoms with Crippen LogP contribution in [0.5, 0.6) is 5.75 Å². The lowest BCUT2D eigenvalue weighted by atomic mass is 10.3. The molecule has 0 aromatic heterocycles. The van der Waals surface area contributed by atoms with E-state index in [0.29, 0.717) is 0 Å². The van der Waals surface area contributed by atoms with Crippen molar-refractivity contribution >= 4 is 11.7 Å². The normalized spacial score (nSPS) is 10.1. The van der Waals surface area contributed by atoms with Crippen LogP contribution in [-0.2, 0) is 0 Å². The highest BCUT2D eigenvalue weighted by molar-refractivity contribution is 5.91. The molecular weight excluding hydrogens is 204 g/mol. The van der Waals surface area contributed by atoms with Gasteiger partial charge in [-0.1, -0.05) is 6.07 Å². The zero-order chi connectivity index (χ0) is 12.1. The fourth-order valence-electron chi connectivity index (χ4n) is 1.32. The fourth-order valence-corrected chi connectivity index (χ4v) is 1.32. The number of nitrogens with zero attached hydrogens (tertiary/aromatic N) is 1. The van der Waals surface area contributed by atoms with E-state index in [9.17, 15) is 4.79 Å². The number of hydrogen-bond donors (Lipinski definition) is 1. The summed E-state index contributed by atoms with van der Waals surface area (Å²) >= 11 is 0. The Bertz CT molecular complexity index is 364. The molecule has 0 atom stereocenters. The second-order valence-electron chi connectivity index (χ2n) is 3.78. The molecule has 0 saturated carbocycles. The van der Waals surface area contributed by atoms with Crippen molar-refractivity contribution < 1.29 is 9.53 Å².